The first-order valence-corrected chi connectivity index (χ1v) is 7.27. The molecule has 0 aliphatic carbocycles. The highest BCUT2D eigenvalue weighted by molar-refractivity contribution is 7.89. The molecule has 4 nitrogen and oxygen atoms in total. The summed E-state index contributed by atoms with van der Waals surface area (Å²) < 4.78 is 64.7. The van der Waals surface area contributed by atoms with Gasteiger partial charge in [0.1, 0.15) is 10.9 Å². The van der Waals surface area contributed by atoms with Crippen LogP contribution in [0.4, 0.5) is 13.2 Å². The lowest BCUT2D eigenvalue weighted by atomic mass is 10.2. The molecule has 9 heteroatoms. The van der Waals surface area contributed by atoms with Crippen molar-refractivity contribution >= 4 is 21.6 Å². The molecule has 0 fully saturated rings. The van der Waals surface area contributed by atoms with E-state index in [1.54, 1.807) is 18.7 Å². The zero-order valence-corrected chi connectivity index (χ0v) is 12.1. The summed E-state index contributed by atoms with van der Waals surface area (Å²) >= 11 is 5.82. The second kappa shape index (κ2) is 5.34. The molecular weight excluding hydrogens is 305 g/mol. The molecule has 1 atom stereocenters. The highest BCUT2D eigenvalue weighted by atomic mass is 35.5. The minimum Gasteiger partial charge on any atom is -0.352 e. The lowest BCUT2D eigenvalue weighted by molar-refractivity contribution is -0.151. The molecule has 19 heavy (non-hydrogen) atoms. The molecule has 0 spiro atoms. The predicted molar refractivity (Wildman–Crippen MR) is 65.6 cm³/mol. The Morgan fingerprint density at radius 3 is 2.32 bits per heavy atom. The van der Waals surface area contributed by atoms with Gasteiger partial charge in [-0.2, -0.15) is 17.9 Å². The van der Waals surface area contributed by atoms with Gasteiger partial charge in [0.15, 0.2) is 0 Å². The molecule has 0 saturated carbocycles. The van der Waals surface area contributed by atoms with Crippen LogP contribution >= 0.6 is 11.6 Å². The lowest BCUT2D eigenvalue weighted by Gasteiger charge is -2.19. The van der Waals surface area contributed by atoms with Crippen LogP contribution in [0.15, 0.2) is 11.1 Å². The van der Waals surface area contributed by atoms with Crippen molar-refractivity contribution in [1.29, 1.82) is 0 Å². The van der Waals surface area contributed by atoms with Crippen molar-refractivity contribution in [3.63, 3.8) is 0 Å². The van der Waals surface area contributed by atoms with Crippen LogP contribution in [0.25, 0.3) is 0 Å². The maximum absolute atomic E-state index is 12.6. The number of nitrogens with zero attached hydrogens (tertiary/aromatic N) is 1. The van der Waals surface area contributed by atoms with Crippen LogP contribution < -0.4 is 4.72 Å². The van der Waals surface area contributed by atoms with Gasteiger partial charge in [0.05, 0.1) is 5.02 Å². The van der Waals surface area contributed by atoms with Gasteiger partial charge in [-0.3, -0.25) is 0 Å². The lowest BCUT2D eigenvalue weighted by Crippen LogP contribution is -2.44. The van der Waals surface area contributed by atoms with E-state index in [0.29, 0.717) is 5.69 Å². The molecule has 0 radical (unpaired) electrons. The van der Waals surface area contributed by atoms with Crippen LogP contribution in [-0.4, -0.2) is 25.2 Å². The molecule has 110 valence electrons. The summed E-state index contributed by atoms with van der Waals surface area (Å²) in [4.78, 5) is -0.350. The maximum Gasteiger partial charge on any atom is 0.404 e. The molecule has 0 aliphatic heterocycles. The van der Waals surface area contributed by atoms with Gasteiger partial charge in [-0.1, -0.05) is 18.5 Å². The van der Waals surface area contributed by atoms with Crippen molar-refractivity contribution in [2.75, 3.05) is 0 Å². The predicted octanol–water partition coefficient (Wildman–Crippen LogP) is 2.61. The molecule has 1 aromatic heterocycles. The van der Waals surface area contributed by atoms with Gasteiger partial charge < -0.3 is 4.57 Å². The van der Waals surface area contributed by atoms with Crippen LogP contribution in [0.1, 0.15) is 19.0 Å². The van der Waals surface area contributed by atoms with Gasteiger partial charge in [-0.05, 0) is 13.3 Å². The molecule has 0 amide bonds. The van der Waals surface area contributed by atoms with E-state index in [0.717, 1.165) is 0 Å². The summed E-state index contributed by atoms with van der Waals surface area (Å²) in [5.41, 5.74) is 0.460. The van der Waals surface area contributed by atoms with Crippen molar-refractivity contribution in [1.82, 2.24) is 9.29 Å². The zero-order chi connectivity index (χ0) is 15.0. The number of sulfonamides is 1. The Balaban J connectivity index is 3.15. The number of hydrogen-bond acceptors (Lipinski definition) is 2. The van der Waals surface area contributed by atoms with E-state index in [4.69, 9.17) is 11.6 Å². The van der Waals surface area contributed by atoms with Crippen LogP contribution in [-0.2, 0) is 17.1 Å². The average molecular weight is 319 g/mol. The van der Waals surface area contributed by atoms with Crippen LogP contribution in [0.2, 0.25) is 5.02 Å². The van der Waals surface area contributed by atoms with Gasteiger partial charge in [0.25, 0.3) is 0 Å². The molecule has 1 N–H and O–H groups in total. The Labute approximate surface area is 114 Å². The van der Waals surface area contributed by atoms with Crippen LogP contribution in [0.5, 0.6) is 0 Å². The summed E-state index contributed by atoms with van der Waals surface area (Å²) in [6.45, 7) is 2.82. The van der Waals surface area contributed by atoms with E-state index in [1.807, 2.05) is 0 Å². The third-order valence-corrected chi connectivity index (χ3v) is 4.84. The van der Waals surface area contributed by atoms with Gasteiger partial charge in [-0.25, -0.2) is 8.42 Å². The number of aryl methyl sites for hydroxylation is 1. The Kier molecular flexibility index (Phi) is 4.58. The minimum absolute atomic E-state index is 0.0768. The monoisotopic (exact) mass is 318 g/mol. The van der Waals surface area contributed by atoms with Crippen molar-refractivity contribution < 1.29 is 21.6 Å². The molecule has 0 aromatic carbocycles. The summed E-state index contributed by atoms with van der Waals surface area (Å²) in [6, 6.07) is -2.13. The molecule has 1 heterocycles. The van der Waals surface area contributed by atoms with Crippen LogP contribution in [0.3, 0.4) is 0 Å². The van der Waals surface area contributed by atoms with E-state index in [-0.39, 0.29) is 9.92 Å². The third-order valence-electron chi connectivity index (χ3n) is 2.76. The Morgan fingerprint density at radius 1 is 1.47 bits per heavy atom. The SMILES string of the molecule is CC[C@H](NS(=O)(=O)c1cn(C)c(C)c1Cl)C(F)(F)F. The highest BCUT2D eigenvalue weighted by Crippen LogP contribution is 2.29. The number of nitrogens with one attached hydrogen (secondary N) is 1. The normalized spacial score (nSPS) is 14.7. The summed E-state index contributed by atoms with van der Waals surface area (Å²) in [6.07, 6.45) is -3.85. The standard InChI is InChI=1S/C10H14ClF3N2O2S/c1-4-8(10(12,13)14)15-19(17,18)7-5-16(3)6(2)9(7)11/h5,8,15H,4H2,1-3H3/t8-/m0/s1. The number of aromatic nitrogens is 1. The molecule has 0 bridgehead atoms. The van der Waals surface area contributed by atoms with Crippen molar-refractivity contribution in [2.45, 2.75) is 37.4 Å². The molecular formula is C10H14ClF3N2O2S. The smallest absolute Gasteiger partial charge is 0.352 e. The van der Waals surface area contributed by atoms with E-state index in [1.165, 1.54) is 17.7 Å². The number of alkyl halides is 3. The van der Waals surface area contributed by atoms with Crippen molar-refractivity contribution in [3.05, 3.63) is 16.9 Å². The Bertz CT molecular complexity index is 566. The fourth-order valence-corrected chi connectivity index (χ4v) is 3.45. The van der Waals surface area contributed by atoms with E-state index in [2.05, 4.69) is 0 Å². The fourth-order valence-electron chi connectivity index (χ4n) is 1.48. The number of rotatable bonds is 4. The van der Waals surface area contributed by atoms with Crippen molar-refractivity contribution in [3.8, 4) is 0 Å². The van der Waals surface area contributed by atoms with Gasteiger partial charge >= 0.3 is 6.18 Å². The maximum atomic E-state index is 12.6. The molecule has 1 rings (SSSR count). The summed E-state index contributed by atoms with van der Waals surface area (Å²) in [7, 11) is -2.75. The second-order valence-corrected chi connectivity index (χ2v) is 6.19. The topological polar surface area (TPSA) is 51.1 Å². The summed E-state index contributed by atoms with van der Waals surface area (Å²) in [5.74, 6) is 0. The first-order chi connectivity index (χ1) is 8.50. The minimum atomic E-state index is -4.64. The highest BCUT2D eigenvalue weighted by Gasteiger charge is 2.41. The first kappa shape index (κ1) is 16.3. The molecule has 0 saturated heterocycles. The molecule has 0 aliphatic rings. The zero-order valence-electron chi connectivity index (χ0n) is 10.5. The van der Waals surface area contributed by atoms with Gasteiger partial charge in [0.2, 0.25) is 10.0 Å². The molecule has 1 aromatic rings. The number of halogens is 4. The molecule has 0 unspecified atom stereocenters. The Hall–Kier alpha value is -0.730. The van der Waals surface area contributed by atoms with E-state index in [9.17, 15) is 21.6 Å². The first-order valence-electron chi connectivity index (χ1n) is 5.41. The van der Waals surface area contributed by atoms with Crippen molar-refractivity contribution in [2.24, 2.45) is 7.05 Å². The average Bonchev–Trinajstić information content (AvgIpc) is 2.53. The number of hydrogen-bond donors (Lipinski definition) is 1. The second-order valence-electron chi connectivity index (χ2n) is 4.13. The third kappa shape index (κ3) is 3.43. The quantitative estimate of drug-likeness (QED) is 0.927. The van der Waals surface area contributed by atoms with E-state index >= 15 is 0 Å². The van der Waals surface area contributed by atoms with E-state index < -0.39 is 28.7 Å². The fraction of sp³-hybridized carbons (Fsp3) is 0.600. The van der Waals surface area contributed by atoms with Gasteiger partial charge in [0, 0.05) is 18.9 Å². The van der Waals surface area contributed by atoms with Crippen LogP contribution in [0, 0.1) is 6.92 Å². The Morgan fingerprint density at radius 2 is 2.00 bits per heavy atom. The van der Waals surface area contributed by atoms with Gasteiger partial charge in [-0.15, -0.1) is 0 Å². The largest absolute Gasteiger partial charge is 0.404 e. The summed E-state index contributed by atoms with van der Waals surface area (Å²) in [5, 5.41) is -0.0768.